The number of tetrazole rings is 1. The van der Waals surface area contributed by atoms with E-state index in [1.807, 2.05) is 6.07 Å². The van der Waals surface area contributed by atoms with E-state index in [0.717, 1.165) is 12.1 Å². The van der Waals surface area contributed by atoms with E-state index in [1.54, 1.807) is 22.5 Å². The third-order valence-corrected chi connectivity index (χ3v) is 5.63. The third-order valence-electron chi connectivity index (χ3n) is 5.63. The molecule has 0 spiro atoms. The van der Waals surface area contributed by atoms with Gasteiger partial charge in [0.2, 0.25) is 11.8 Å². The topological polar surface area (TPSA) is 163 Å². The number of rotatable bonds is 5. The lowest BCUT2D eigenvalue weighted by Crippen LogP contribution is -2.54. The van der Waals surface area contributed by atoms with Gasteiger partial charge >= 0.3 is 0 Å². The lowest BCUT2D eigenvalue weighted by Gasteiger charge is -2.46. The molecule has 2 aromatic rings. The van der Waals surface area contributed by atoms with Gasteiger partial charge < -0.3 is 15.3 Å². The molecule has 0 saturated carbocycles. The van der Waals surface area contributed by atoms with E-state index in [4.69, 9.17) is 9.90 Å². The van der Waals surface area contributed by atoms with E-state index in [-0.39, 0.29) is 35.7 Å². The Morgan fingerprint density at radius 1 is 1.35 bits per heavy atom. The van der Waals surface area contributed by atoms with Crippen LogP contribution in [0.2, 0.25) is 0 Å². The van der Waals surface area contributed by atoms with Gasteiger partial charge in [-0.05, 0) is 18.9 Å². The molecule has 0 aromatic carbocycles. The Balaban J connectivity index is 0.000000858. The second kappa shape index (κ2) is 9.96. The van der Waals surface area contributed by atoms with Crippen LogP contribution in [0, 0.1) is 5.92 Å². The number of likely N-dealkylation sites (tertiary alicyclic amines) is 1. The minimum absolute atomic E-state index is 0.000647. The molecule has 3 atom stereocenters. The molecule has 2 aliphatic heterocycles. The number of hydrogen-bond donors (Lipinski definition) is 3. The van der Waals surface area contributed by atoms with E-state index >= 15 is 0 Å². The van der Waals surface area contributed by atoms with E-state index < -0.39 is 6.04 Å². The van der Waals surface area contributed by atoms with E-state index in [1.165, 1.54) is 6.07 Å². The van der Waals surface area contributed by atoms with Crippen molar-refractivity contribution in [3.05, 3.63) is 40.1 Å². The van der Waals surface area contributed by atoms with Crippen molar-refractivity contribution in [2.75, 3.05) is 19.6 Å². The minimum Gasteiger partial charge on any atom is -0.483 e. The Morgan fingerprint density at radius 3 is 2.81 bits per heavy atom. The zero-order valence-corrected chi connectivity index (χ0v) is 17.1. The maximum absolute atomic E-state index is 13.0. The Bertz CT molecular complexity index is 974. The van der Waals surface area contributed by atoms with Crippen molar-refractivity contribution in [3.63, 3.8) is 0 Å². The van der Waals surface area contributed by atoms with Crippen molar-refractivity contribution < 1.29 is 19.5 Å². The largest absolute Gasteiger partial charge is 0.483 e. The number of aromatic amines is 1. The van der Waals surface area contributed by atoms with Gasteiger partial charge in [-0.25, -0.2) is 0 Å². The van der Waals surface area contributed by atoms with Crippen LogP contribution in [0.1, 0.15) is 43.2 Å². The summed E-state index contributed by atoms with van der Waals surface area (Å²) >= 11 is 0. The number of carbonyl (C=O) groups is 3. The number of hydrogen-bond acceptors (Lipinski definition) is 7. The molecule has 0 radical (unpaired) electrons. The van der Waals surface area contributed by atoms with Crippen LogP contribution < -0.4 is 10.9 Å². The Labute approximate surface area is 177 Å². The molecule has 4 heterocycles. The number of aryl methyl sites for hydroxylation is 1. The Hall–Kier alpha value is -3.57. The molecule has 1 fully saturated rings. The van der Waals surface area contributed by atoms with Crippen molar-refractivity contribution in [2.45, 2.75) is 38.1 Å². The number of carbonyl (C=O) groups excluding carboxylic acids is 2. The highest BCUT2D eigenvalue weighted by molar-refractivity contribution is 5.81. The number of nitrogens with zero attached hydrogens (tertiary/aromatic N) is 5. The van der Waals surface area contributed by atoms with Crippen molar-refractivity contribution >= 4 is 18.3 Å². The van der Waals surface area contributed by atoms with Crippen molar-refractivity contribution in [1.82, 2.24) is 35.4 Å². The molecular weight excluding hydrogens is 406 g/mol. The molecule has 0 aliphatic carbocycles. The van der Waals surface area contributed by atoms with Gasteiger partial charge in [-0.1, -0.05) is 11.3 Å². The van der Waals surface area contributed by atoms with Crippen molar-refractivity contribution in [1.29, 1.82) is 0 Å². The van der Waals surface area contributed by atoms with Gasteiger partial charge in [-0.2, -0.15) is 5.21 Å². The molecule has 1 saturated heterocycles. The molecule has 4 rings (SSSR count). The van der Waals surface area contributed by atoms with Crippen molar-refractivity contribution in [3.8, 4) is 0 Å². The second-order valence-corrected chi connectivity index (χ2v) is 7.55. The summed E-state index contributed by atoms with van der Waals surface area (Å²) in [4.78, 5) is 47.7. The van der Waals surface area contributed by atoms with E-state index in [0.29, 0.717) is 38.3 Å². The average Bonchev–Trinajstić information content (AvgIpc) is 3.26. The fraction of sp³-hybridized carbons (Fsp3) is 0.526. The van der Waals surface area contributed by atoms with Crippen LogP contribution >= 0.6 is 0 Å². The number of aromatic nitrogens is 5. The lowest BCUT2D eigenvalue weighted by molar-refractivity contribution is -0.135. The molecule has 2 amide bonds. The summed E-state index contributed by atoms with van der Waals surface area (Å²) in [6, 6.07) is 4.50. The first-order chi connectivity index (χ1) is 15.0. The predicted octanol–water partition coefficient (Wildman–Crippen LogP) is -0.682. The van der Waals surface area contributed by atoms with Crippen molar-refractivity contribution in [2.24, 2.45) is 5.92 Å². The molecule has 3 N–H and O–H groups in total. The average molecular weight is 431 g/mol. The number of amides is 2. The second-order valence-electron chi connectivity index (χ2n) is 7.55. The summed E-state index contributed by atoms with van der Waals surface area (Å²) in [5.74, 6) is 0.421. The number of nitrogens with one attached hydrogen (secondary N) is 2. The smallest absolute Gasteiger partial charge is 0.290 e. The summed E-state index contributed by atoms with van der Waals surface area (Å²) in [7, 11) is 0. The Kier molecular flexibility index (Phi) is 7.11. The maximum atomic E-state index is 13.0. The maximum Gasteiger partial charge on any atom is 0.290 e. The first-order valence-electron chi connectivity index (χ1n) is 10.0. The standard InChI is InChI=1S/C18H23N7O3.CH2O2/c1-11(26)24-9-12-8-13(10-24)17(25-14(12)4-2-6-16(25)27)18(28)19-7-3-5-15-20-22-23-21-15;2-1-3/h2,4,6,12-13,17H,3,5,7-10H2,1H3,(H,19,28)(H,20,21,22,23);1H,(H,2,3)/t12-,13+,17-;/m1./s1. The SMILES string of the molecule is CC(=O)N1C[C@H]2C[C@@H](C1)[C@H](C(=O)NCCCc1nn[nH]n1)n1c2cccc1=O.O=CO. The number of carboxylic acid groups (broad SMARTS) is 1. The van der Waals surface area contributed by atoms with Crippen LogP contribution in [-0.4, -0.2) is 73.1 Å². The third kappa shape index (κ3) is 4.95. The van der Waals surface area contributed by atoms with Gasteiger partial charge in [0.25, 0.3) is 12.0 Å². The highest BCUT2D eigenvalue weighted by Crippen LogP contribution is 2.41. The highest BCUT2D eigenvalue weighted by atomic mass is 16.3. The fourth-order valence-electron chi connectivity index (χ4n) is 4.38. The van der Waals surface area contributed by atoms with Gasteiger partial charge in [-0.3, -0.25) is 23.7 Å². The molecule has 166 valence electrons. The van der Waals surface area contributed by atoms with Gasteiger partial charge in [-0.15, -0.1) is 10.2 Å². The Morgan fingerprint density at radius 2 is 2.13 bits per heavy atom. The lowest BCUT2D eigenvalue weighted by atomic mass is 9.78. The number of piperidine rings is 1. The molecule has 2 bridgehead atoms. The summed E-state index contributed by atoms with van der Waals surface area (Å²) in [5.41, 5.74) is 0.664. The van der Waals surface area contributed by atoms with Crippen LogP contribution in [0.5, 0.6) is 0 Å². The fourth-order valence-corrected chi connectivity index (χ4v) is 4.38. The monoisotopic (exact) mass is 431 g/mol. The summed E-state index contributed by atoms with van der Waals surface area (Å²) < 4.78 is 1.63. The molecule has 2 aliphatic rings. The van der Waals surface area contributed by atoms with E-state index in [2.05, 4.69) is 25.9 Å². The summed E-state index contributed by atoms with van der Waals surface area (Å²) in [5, 5.41) is 23.5. The molecule has 2 aromatic heterocycles. The van der Waals surface area contributed by atoms with Crippen LogP contribution in [0.4, 0.5) is 0 Å². The normalized spacial score (nSPS) is 21.3. The first-order valence-corrected chi connectivity index (χ1v) is 10.0. The summed E-state index contributed by atoms with van der Waals surface area (Å²) in [6.45, 7) is 2.83. The first kappa shape index (κ1) is 22.1. The predicted molar refractivity (Wildman–Crippen MR) is 107 cm³/mol. The zero-order chi connectivity index (χ0) is 22.4. The quantitative estimate of drug-likeness (QED) is 0.414. The van der Waals surface area contributed by atoms with E-state index in [9.17, 15) is 14.4 Å². The number of H-pyrrole nitrogens is 1. The number of pyridine rings is 1. The molecule has 31 heavy (non-hydrogen) atoms. The molecule has 12 heteroatoms. The summed E-state index contributed by atoms with van der Waals surface area (Å²) in [6.07, 6.45) is 2.07. The van der Waals surface area contributed by atoms with Gasteiger partial charge in [0, 0.05) is 56.6 Å². The molecule has 12 nitrogen and oxygen atoms in total. The number of fused-ring (bicyclic) bond motifs is 4. The minimum atomic E-state index is -0.604. The van der Waals surface area contributed by atoms with Crippen LogP contribution in [0.25, 0.3) is 0 Å². The van der Waals surface area contributed by atoms with Crippen LogP contribution in [0.3, 0.4) is 0 Å². The van der Waals surface area contributed by atoms with Gasteiger partial charge in [0.05, 0.1) is 0 Å². The molecular formula is C19H25N7O5. The highest BCUT2D eigenvalue weighted by Gasteiger charge is 2.44. The zero-order valence-electron chi connectivity index (χ0n) is 17.1. The van der Waals surface area contributed by atoms with Crippen LogP contribution in [-0.2, 0) is 20.8 Å². The van der Waals surface area contributed by atoms with Gasteiger partial charge in [0.15, 0.2) is 5.82 Å². The molecule has 0 unspecified atom stereocenters. The van der Waals surface area contributed by atoms with Gasteiger partial charge in [0.1, 0.15) is 6.04 Å². The van der Waals surface area contributed by atoms with Crippen LogP contribution in [0.15, 0.2) is 23.0 Å².